The lowest BCUT2D eigenvalue weighted by molar-refractivity contribution is 0.118. The number of phenolic OH excluding ortho intramolecular Hbond substituents is 1. The van der Waals surface area contributed by atoms with E-state index in [1.165, 1.54) is 35.7 Å². The summed E-state index contributed by atoms with van der Waals surface area (Å²) in [5, 5.41) is 10.9. The van der Waals surface area contributed by atoms with Crippen molar-refractivity contribution in [3.05, 3.63) is 44.1 Å². The van der Waals surface area contributed by atoms with Crippen LogP contribution in [0.1, 0.15) is 64.9 Å². The smallest absolute Gasteiger partial charge is 0.132 e. The lowest BCUT2D eigenvalue weighted by Gasteiger charge is -2.50. The van der Waals surface area contributed by atoms with Crippen molar-refractivity contribution in [1.82, 2.24) is 0 Å². The molecule has 2 aliphatic carbocycles. The highest BCUT2D eigenvalue weighted by atomic mass is 127. The van der Waals surface area contributed by atoms with Gasteiger partial charge in [-0.2, -0.15) is 0 Å². The average molecular weight is 1030 g/mol. The first-order valence-electron chi connectivity index (χ1n) is 11.5. The third kappa shape index (κ3) is 6.52. The Hall–Kier alpha value is 2.38. The summed E-state index contributed by atoms with van der Waals surface area (Å²) in [4.78, 5) is 1.05. The molecule has 0 bridgehead atoms. The molecule has 1 N–H and O–H groups in total. The van der Waals surface area contributed by atoms with E-state index in [-0.39, 0.29) is 10.8 Å². The first-order chi connectivity index (χ1) is 15.4. The molecule has 0 aromatic heterocycles. The van der Waals surface area contributed by atoms with Crippen LogP contribution in [-0.2, 0) is 6.42 Å². The summed E-state index contributed by atoms with van der Waals surface area (Å²) in [6.07, 6.45) is 8.05. The molecule has 184 valence electrons. The Bertz CT molecular complexity index is 929. The number of hydrogen-bond acceptors (Lipinski definition) is 1. The second kappa shape index (κ2) is 12.5. The van der Waals surface area contributed by atoms with Crippen LogP contribution in [0.3, 0.4) is 0 Å². The van der Waals surface area contributed by atoms with Gasteiger partial charge in [0.15, 0.2) is 0 Å². The summed E-state index contributed by atoms with van der Waals surface area (Å²) in [6.45, 7) is 7.40. The summed E-state index contributed by atoms with van der Waals surface area (Å²) in [5.41, 5.74) is 4.66. The molecule has 2 saturated carbocycles. The molecule has 0 spiro atoms. The van der Waals surface area contributed by atoms with E-state index in [9.17, 15) is 5.11 Å². The fraction of sp³-hybridized carbons (Fsp3) is 0.615. The molecule has 2 aliphatic rings. The van der Waals surface area contributed by atoms with Gasteiger partial charge in [-0.1, -0.05) is 109 Å². The summed E-state index contributed by atoms with van der Waals surface area (Å²) >= 11 is 17.7. The minimum atomic E-state index is 0.139. The highest BCUT2D eigenvalue weighted by molar-refractivity contribution is 14.1. The van der Waals surface area contributed by atoms with Gasteiger partial charge in [0.05, 0.1) is 3.57 Å². The number of rotatable bonds is 5. The zero-order chi connectivity index (χ0) is 24.6. The first-order valence-corrected chi connectivity index (χ1v) is 18.0. The zero-order valence-electron chi connectivity index (χ0n) is 19.3. The molecule has 0 radical (unpaired) electrons. The van der Waals surface area contributed by atoms with Crippen LogP contribution in [0.5, 0.6) is 5.75 Å². The zero-order valence-corrected chi connectivity index (χ0v) is 31.1. The van der Waals surface area contributed by atoms with E-state index >= 15 is 0 Å². The molecule has 0 amide bonds. The number of alkyl halides is 2. The molecule has 2 fully saturated rings. The SMILES string of the molecule is CC1(C)[C@H](CC[C@@]2(C)[C@H](Cc3cc(I)cc(I)c3O)/C(=C\I)CC[C@@H]2Br)/C(=C\I)CC[C@@H]1Br. The second-order valence-corrected chi connectivity index (χ2v) is 16.3. The number of benzene rings is 1. The summed E-state index contributed by atoms with van der Waals surface area (Å²) in [5.74, 6) is 1.49. The molecular formula is C26H32Br2I4O. The maximum atomic E-state index is 10.9. The fourth-order valence-corrected chi connectivity index (χ4v) is 10.7. The molecule has 1 nitrogen and oxygen atoms in total. The Balaban J connectivity index is 1.94. The second-order valence-electron chi connectivity index (χ2n) is 10.5. The van der Waals surface area contributed by atoms with Crippen molar-refractivity contribution < 1.29 is 5.11 Å². The minimum Gasteiger partial charge on any atom is -0.507 e. The van der Waals surface area contributed by atoms with E-state index in [4.69, 9.17) is 0 Å². The van der Waals surface area contributed by atoms with Gasteiger partial charge in [-0.25, -0.2) is 0 Å². The van der Waals surface area contributed by atoms with Crippen LogP contribution < -0.4 is 0 Å². The number of allylic oxidation sites excluding steroid dienone is 2. The lowest BCUT2D eigenvalue weighted by atomic mass is 9.58. The molecule has 1 aromatic rings. The van der Waals surface area contributed by atoms with Crippen molar-refractivity contribution in [2.24, 2.45) is 22.7 Å². The van der Waals surface area contributed by atoms with E-state index in [2.05, 4.69) is 163 Å². The maximum Gasteiger partial charge on any atom is 0.132 e. The van der Waals surface area contributed by atoms with E-state index in [1.807, 2.05) is 0 Å². The van der Waals surface area contributed by atoms with Crippen molar-refractivity contribution in [3.63, 3.8) is 0 Å². The normalized spacial score (nSPS) is 34.7. The van der Waals surface area contributed by atoms with Gasteiger partial charge >= 0.3 is 0 Å². The number of phenols is 1. The van der Waals surface area contributed by atoms with Crippen molar-refractivity contribution in [3.8, 4) is 5.75 Å². The lowest BCUT2D eigenvalue weighted by Crippen LogP contribution is -2.44. The first kappa shape index (κ1) is 29.9. The number of aromatic hydroxyl groups is 1. The number of hydrogen-bond donors (Lipinski definition) is 1. The highest BCUT2D eigenvalue weighted by Gasteiger charge is 2.47. The average Bonchev–Trinajstić information content (AvgIpc) is 2.76. The summed E-state index contributed by atoms with van der Waals surface area (Å²) in [6, 6.07) is 4.24. The molecule has 7 heteroatoms. The molecular weight excluding hydrogens is 996 g/mol. The van der Waals surface area contributed by atoms with Gasteiger partial charge in [-0.15, -0.1) is 0 Å². The van der Waals surface area contributed by atoms with Crippen molar-refractivity contribution in [1.29, 1.82) is 0 Å². The van der Waals surface area contributed by atoms with Gasteiger partial charge in [0.1, 0.15) is 5.75 Å². The van der Waals surface area contributed by atoms with Crippen LogP contribution in [0.4, 0.5) is 0 Å². The molecule has 3 rings (SSSR count). The Morgan fingerprint density at radius 1 is 0.970 bits per heavy atom. The van der Waals surface area contributed by atoms with Crippen molar-refractivity contribution in [2.45, 2.75) is 75.4 Å². The van der Waals surface area contributed by atoms with Crippen LogP contribution in [0.15, 0.2) is 31.4 Å². The van der Waals surface area contributed by atoms with E-state index in [0.29, 0.717) is 27.2 Å². The standard InChI is InChI=1S/C26H32Br2I4O/c1-25(2)19(15(13-29)4-6-22(25)27)8-9-26(3)20(16(14-30)5-7-23(26)28)11-17-10-18(31)12-21(32)24(17)33/h10,12-14,19-20,22-23,33H,4-9,11H2,1-3H3/b15-13-,16-14-/t19-,20-,22+,23+,26+/m1/s1. The summed E-state index contributed by atoms with van der Waals surface area (Å²) in [7, 11) is 0. The summed E-state index contributed by atoms with van der Waals surface area (Å²) < 4.78 is 6.83. The van der Waals surface area contributed by atoms with Gasteiger partial charge < -0.3 is 5.11 Å². The molecule has 5 atom stereocenters. The highest BCUT2D eigenvalue weighted by Crippen LogP contribution is 2.56. The maximum absolute atomic E-state index is 10.9. The predicted octanol–water partition coefficient (Wildman–Crippen LogP) is 10.9. The van der Waals surface area contributed by atoms with E-state index < -0.39 is 0 Å². The molecule has 0 saturated heterocycles. The Morgan fingerprint density at radius 3 is 2.15 bits per heavy atom. The van der Waals surface area contributed by atoms with Gasteiger partial charge in [0.2, 0.25) is 0 Å². The van der Waals surface area contributed by atoms with Crippen LogP contribution >= 0.6 is 122 Å². The topological polar surface area (TPSA) is 20.2 Å². The van der Waals surface area contributed by atoms with Crippen molar-refractivity contribution >= 4 is 122 Å². The Labute approximate surface area is 271 Å². The minimum absolute atomic E-state index is 0.139. The van der Waals surface area contributed by atoms with Crippen LogP contribution in [0, 0.1) is 29.8 Å². The predicted molar refractivity (Wildman–Crippen MR) is 183 cm³/mol. The van der Waals surface area contributed by atoms with Gasteiger partial charge in [-0.3, -0.25) is 0 Å². The van der Waals surface area contributed by atoms with E-state index in [1.54, 1.807) is 11.1 Å². The monoisotopic (exact) mass is 1030 g/mol. The molecule has 33 heavy (non-hydrogen) atoms. The van der Waals surface area contributed by atoms with Gasteiger partial charge in [0, 0.05) is 13.2 Å². The Kier molecular flexibility index (Phi) is 11.3. The largest absolute Gasteiger partial charge is 0.507 e. The molecule has 0 heterocycles. The third-order valence-corrected chi connectivity index (χ3v) is 14.5. The van der Waals surface area contributed by atoms with Gasteiger partial charge in [-0.05, 0) is 139 Å². The van der Waals surface area contributed by atoms with Crippen molar-refractivity contribution in [2.75, 3.05) is 0 Å². The molecule has 0 aliphatic heterocycles. The van der Waals surface area contributed by atoms with Crippen LogP contribution in [0.2, 0.25) is 0 Å². The Morgan fingerprint density at radius 2 is 1.55 bits per heavy atom. The van der Waals surface area contributed by atoms with Crippen LogP contribution in [-0.4, -0.2) is 14.8 Å². The molecule has 0 unspecified atom stereocenters. The third-order valence-electron chi connectivity index (χ3n) is 8.27. The fourth-order valence-electron chi connectivity index (χ4n) is 5.94. The van der Waals surface area contributed by atoms with Crippen LogP contribution in [0.25, 0.3) is 0 Å². The number of halogens is 6. The quantitative estimate of drug-likeness (QED) is 0.230. The van der Waals surface area contributed by atoms with E-state index in [0.717, 1.165) is 22.0 Å². The molecule has 1 aromatic carbocycles. The van der Waals surface area contributed by atoms with Gasteiger partial charge in [0.25, 0.3) is 0 Å².